The molecule has 0 unspecified atom stereocenters. The molecule has 0 saturated carbocycles. The number of hydrogen-bond acceptors (Lipinski definition) is 3. The fourth-order valence-corrected chi connectivity index (χ4v) is 1.47. The maximum absolute atomic E-state index is 10.9. The van der Waals surface area contributed by atoms with E-state index in [0.29, 0.717) is 5.69 Å². The third-order valence-corrected chi connectivity index (χ3v) is 2.17. The van der Waals surface area contributed by atoms with E-state index >= 15 is 0 Å². The molecule has 0 bridgehead atoms. The van der Waals surface area contributed by atoms with Crippen LogP contribution in [0, 0.1) is 0 Å². The Morgan fingerprint density at radius 1 is 1.57 bits per heavy atom. The summed E-state index contributed by atoms with van der Waals surface area (Å²) in [5, 5.41) is 8.50. The summed E-state index contributed by atoms with van der Waals surface area (Å²) in [5.74, 6) is 0. The number of aromatic nitrogens is 1. The molecular weight excluding hydrogens is 198 g/mol. The van der Waals surface area contributed by atoms with Crippen LogP contribution >= 0.6 is 11.3 Å². The van der Waals surface area contributed by atoms with Gasteiger partial charge in [-0.25, -0.2) is 0 Å². The summed E-state index contributed by atoms with van der Waals surface area (Å²) in [6.45, 7) is 7.53. The zero-order chi connectivity index (χ0) is 11.0. The topological polar surface area (TPSA) is 53.1 Å². The molecule has 78 valence electrons. The molecule has 3 nitrogen and oxygen atoms in total. The van der Waals surface area contributed by atoms with E-state index in [0.717, 1.165) is 16.2 Å². The Labute approximate surface area is 87.4 Å². The minimum Gasteiger partial charge on any atom is -0.392 e. The van der Waals surface area contributed by atoms with E-state index in [1.807, 2.05) is 13.8 Å². The van der Waals surface area contributed by atoms with Crippen molar-refractivity contribution in [3.63, 3.8) is 0 Å². The van der Waals surface area contributed by atoms with Gasteiger partial charge in [0.15, 0.2) is 0 Å². The van der Waals surface area contributed by atoms with Crippen molar-refractivity contribution in [1.82, 2.24) is 4.98 Å². The Morgan fingerprint density at radius 3 is 2.71 bits per heavy atom. The Bertz CT molecular complexity index is 349. The lowest BCUT2D eigenvalue weighted by atomic mass is 10.3. The molecule has 14 heavy (non-hydrogen) atoms. The van der Waals surface area contributed by atoms with Gasteiger partial charge in [-0.1, -0.05) is 37.8 Å². The highest BCUT2D eigenvalue weighted by atomic mass is 32.1. The number of nitrogens with one attached hydrogen (secondary N) is 1. The number of aliphatic hydroxyl groups is 1. The van der Waals surface area contributed by atoms with Gasteiger partial charge in [0.05, 0.1) is 17.2 Å². The molecule has 0 amide bonds. The zero-order valence-corrected chi connectivity index (χ0v) is 9.23. The highest BCUT2D eigenvalue weighted by molar-refractivity contribution is 7.10. The first-order valence-corrected chi connectivity index (χ1v) is 5.22. The minimum absolute atomic E-state index is 0.0333. The molecule has 2 N–H and O–H groups in total. The monoisotopic (exact) mass is 213 g/mol. The summed E-state index contributed by atoms with van der Waals surface area (Å²) in [4.78, 5) is 14.2. The first kappa shape index (κ1) is 12.9. The molecule has 1 rings (SSSR count). The van der Waals surface area contributed by atoms with Crippen molar-refractivity contribution < 1.29 is 5.11 Å². The molecule has 0 saturated heterocycles. The summed E-state index contributed by atoms with van der Waals surface area (Å²) < 4.78 is 0. The maximum Gasteiger partial charge on any atom is 0.305 e. The second kappa shape index (κ2) is 7.29. The first-order chi connectivity index (χ1) is 6.77. The van der Waals surface area contributed by atoms with Gasteiger partial charge in [0.2, 0.25) is 0 Å². The standard InChI is InChI=1S/C8H9NO2S.C2H6/c1-2-7-6(4-3-5-10)9-8(11)12-7;1-2/h2-4,10H,1,5H2,(H,9,11);1-2H3/b4-3-;. The zero-order valence-electron chi connectivity index (χ0n) is 8.41. The van der Waals surface area contributed by atoms with Gasteiger partial charge in [-0.05, 0) is 12.2 Å². The molecule has 1 heterocycles. The molecule has 0 fully saturated rings. The van der Waals surface area contributed by atoms with Gasteiger partial charge < -0.3 is 10.1 Å². The molecule has 1 aromatic rings. The van der Waals surface area contributed by atoms with E-state index in [2.05, 4.69) is 11.6 Å². The van der Waals surface area contributed by atoms with Crippen molar-refractivity contribution in [1.29, 1.82) is 0 Å². The molecule has 0 aromatic carbocycles. The van der Waals surface area contributed by atoms with E-state index in [1.165, 1.54) is 0 Å². The second-order valence-electron chi connectivity index (χ2n) is 2.08. The number of aliphatic hydroxyl groups excluding tert-OH is 1. The lowest BCUT2D eigenvalue weighted by Crippen LogP contribution is -1.91. The van der Waals surface area contributed by atoms with Crippen molar-refractivity contribution in [2.45, 2.75) is 13.8 Å². The minimum atomic E-state index is -0.109. The van der Waals surface area contributed by atoms with Gasteiger partial charge in [-0.15, -0.1) is 0 Å². The van der Waals surface area contributed by atoms with Crippen LogP contribution in [0.2, 0.25) is 0 Å². The molecule has 0 atom stereocenters. The van der Waals surface area contributed by atoms with Gasteiger partial charge >= 0.3 is 4.87 Å². The Balaban J connectivity index is 0.000000791. The number of H-pyrrole nitrogens is 1. The van der Waals surface area contributed by atoms with Crippen LogP contribution in [0.4, 0.5) is 0 Å². The van der Waals surface area contributed by atoms with E-state index < -0.39 is 0 Å². The molecule has 0 radical (unpaired) electrons. The molecule has 0 aliphatic rings. The van der Waals surface area contributed by atoms with Crippen LogP contribution in [0.3, 0.4) is 0 Å². The quantitative estimate of drug-likeness (QED) is 0.808. The van der Waals surface area contributed by atoms with Crippen LogP contribution in [0.25, 0.3) is 12.2 Å². The van der Waals surface area contributed by atoms with Crippen molar-refractivity contribution in [2.24, 2.45) is 0 Å². The fraction of sp³-hybridized carbons (Fsp3) is 0.300. The lowest BCUT2D eigenvalue weighted by Gasteiger charge is -1.87. The second-order valence-corrected chi connectivity index (χ2v) is 3.10. The molecule has 0 spiro atoms. The summed E-state index contributed by atoms with van der Waals surface area (Å²) in [7, 11) is 0. The molecule has 0 aliphatic heterocycles. The van der Waals surface area contributed by atoms with Gasteiger partial charge in [0, 0.05) is 0 Å². The smallest absolute Gasteiger partial charge is 0.305 e. The van der Waals surface area contributed by atoms with Crippen LogP contribution in [0.1, 0.15) is 24.4 Å². The van der Waals surface area contributed by atoms with Crippen LogP contribution in [-0.4, -0.2) is 16.7 Å². The van der Waals surface area contributed by atoms with Crippen molar-refractivity contribution in [3.05, 3.63) is 32.9 Å². The first-order valence-electron chi connectivity index (χ1n) is 4.41. The average molecular weight is 213 g/mol. The number of thiazole rings is 1. The predicted molar refractivity (Wildman–Crippen MR) is 62.5 cm³/mol. The van der Waals surface area contributed by atoms with E-state index in [-0.39, 0.29) is 11.5 Å². The SMILES string of the molecule is C=Cc1sc(=O)[nH]c1/C=C\CO.CC. The van der Waals surface area contributed by atoms with Crippen molar-refractivity contribution in [3.8, 4) is 0 Å². The average Bonchev–Trinajstić information content (AvgIpc) is 2.59. The van der Waals surface area contributed by atoms with Crippen LogP contribution in [0.15, 0.2) is 17.4 Å². The van der Waals surface area contributed by atoms with Crippen molar-refractivity contribution >= 4 is 23.5 Å². The molecule has 4 heteroatoms. The number of rotatable bonds is 3. The Kier molecular flexibility index (Phi) is 6.70. The summed E-state index contributed by atoms with van der Waals surface area (Å²) in [6, 6.07) is 0. The van der Waals surface area contributed by atoms with E-state index in [9.17, 15) is 4.79 Å². The van der Waals surface area contributed by atoms with Crippen molar-refractivity contribution in [2.75, 3.05) is 6.61 Å². The highest BCUT2D eigenvalue weighted by Gasteiger charge is 1.99. The van der Waals surface area contributed by atoms with Gasteiger partial charge in [-0.3, -0.25) is 4.79 Å². The molecular formula is C10H15NO2S. The third kappa shape index (κ3) is 3.72. The number of aromatic amines is 1. The molecule has 0 aliphatic carbocycles. The highest BCUT2D eigenvalue weighted by Crippen LogP contribution is 2.11. The predicted octanol–water partition coefficient (Wildman–Crippen LogP) is 2.11. The van der Waals surface area contributed by atoms with E-state index in [4.69, 9.17) is 5.11 Å². The summed E-state index contributed by atoms with van der Waals surface area (Å²) >= 11 is 1.10. The normalized spacial score (nSPS) is 9.64. The Morgan fingerprint density at radius 2 is 2.21 bits per heavy atom. The summed E-state index contributed by atoms with van der Waals surface area (Å²) in [5.41, 5.74) is 0.703. The lowest BCUT2D eigenvalue weighted by molar-refractivity contribution is 0.343. The Hall–Kier alpha value is -1.13. The fourth-order valence-electron chi connectivity index (χ4n) is 0.798. The largest absolute Gasteiger partial charge is 0.392 e. The van der Waals surface area contributed by atoms with Crippen LogP contribution in [-0.2, 0) is 0 Å². The third-order valence-electron chi connectivity index (χ3n) is 1.28. The van der Waals surface area contributed by atoms with E-state index in [1.54, 1.807) is 18.2 Å². The summed E-state index contributed by atoms with van der Waals surface area (Å²) in [6.07, 6.45) is 4.83. The maximum atomic E-state index is 10.9. The van der Waals surface area contributed by atoms with Gasteiger partial charge in [-0.2, -0.15) is 0 Å². The van der Waals surface area contributed by atoms with Gasteiger partial charge in [0.1, 0.15) is 0 Å². The number of hydrogen-bond donors (Lipinski definition) is 2. The van der Waals surface area contributed by atoms with Gasteiger partial charge in [0.25, 0.3) is 0 Å². The molecule has 1 aromatic heterocycles. The van der Waals surface area contributed by atoms with Crippen LogP contribution < -0.4 is 4.87 Å². The van der Waals surface area contributed by atoms with Crippen LogP contribution in [0.5, 0.6) is 0 Å².